The number of thiophene rings is 1. The van der Waals surface area contributed by atoms with Crippen LogP contribution in [0.4, 0.5) is 0 Å². The van der Waals surface area contributed by atoms with Gasteiger partial charge in [-0.3, -0.25) is 9.59 Å². The Labute approximate surface area is 135 Å². The summed E-state index contributed by atoms with van der Waals surface area (Å²) in [5.74, 6) is -0.506. The zero-order valence-corrected chi connectivity index (χ0v) is 13.7. The number of carbonyl (C=O) groups excluding carboxylic acids is 2. The summed E-state index contributed by atoms with van der Waals surface area (Å²) in [6, 6.07) is 2.90. The van der Waals surface area contributed by atoms with Gasteiger partial charge in [-0.1, -0.05) is 31.7 Å². The molecule has 1 unspecified atom stereocenters. The van der Waals surface area contributed by atoms with Crippen molar-refractivity contribution >= 4 is 23.2 Å². The lowest BCUT2D eigenvalue weighted by atomic mass is 9.94. The SMILES string of the molecule is CC(NC(=O)c1cccs1)C(=O)NCC1(O)CCCCCC1. The number of hydrogen-bond donors (Lipinski definition) is 3. The fourth-order valence-corrected chi connectivity index (χ4v) is 3.34. The average molecular weight is 324 g/mol. The van der Waals surface area contributed by atoms with Crippen LogP contribution in [0.1, 0.15) is 55.1 Å². The van der Waals surface area contributed by atoms with Crippen LogP contribution in [0.15, 0.2) is 17.5 Å². The van der Waals surface area contributed by atoms with E-state index in [0.29, 0.717) is 4.88 Å². The van der Waals surface area contributed by atoms with Gasteiger partial charge in [-0.05, 0) is 31.2 Å². The Morgan fingerprint density at radius 2 is 2.00 bits per heavy atom. The Morgan fingerprint density at radius 3 is 2.59 bits per heavy atom. The fraction of sp³-hybridized carbons (Fsp3) is 0.625. The van der Waals surface area contributed by atoms with Crippen molar-refractivity contribution in [3.8, 4) is 0 Å². The normalized spacial score (nSPS) is 19.0. The molecule has 2 rings (SSSR count). The van der Waals surface area contributed by atoms with Gasteiger partial charge in [0.15, 0.2) is 0 Å². The Kier molecular flexibility index (Phi) is 5.97. The number of amides is 2. The van der Waals surface area contributed by atoms with Gasteiger partial charge in [0, 0.05) is 6.54 Å². The Bertz CT molecular complexity index is 493. The molecule has 22 heavy (non-hydrogen) atoms. The van der Waals surface area contributed by atoms with Crippen molar-refractivity contribution in [3.05, 3.63) is 22.4 Å². The zero-order chi connectivity index (χ0) is 16.0. The van der Waals surface area contributed by atoms with Crippen LogP contribution in [0.5, 0.6) is 0 Å². The highest BCUT2D eigenvalue weighted by Gasteiger charge is 2.29. The first kappa shape index (κ1) is 17.0. The molecule has 1 heterocycles. The van der Waals surface area contributed by atoms with Gasteiger partial charge in [0.1, 0.15) is 6.04 Å². The first-order valence-corrected chi connectivity index (χ1v) is 8.73. The van der Waals surface area contributed by atoms with Crippen LogP contribution in [0.2, 0.25) is 0 Å². The maximum Gasteiger partial charge on any atom is 0.261 e. The molecular weight excluding hydrogens is 300 g/mol. The highest BCUT2D eigenvalue weighted by molar-refractivity contribution is 7.12. The molecule has 0 spiro atoms. The molecule has 1 aliphatic carbocycles. The number of hydrogen-bond acceptors (Lipinski definition) is 4. The van der Waals surface area contributed by atoms with Crippen molar-refractivity contribution in [2.75, 3.05) is 6.54 Å². The summed E-state index contributed by atoms with van der Waals surface area (Å²) in [5, 5.41) is 17.8. The molecule has 1 aromatic rings. The molecule has 1 atom stereocenters. The molecule has 5 nitrogen and oxygen atoms in total. The van der Waals surface area contributed by atoms with E-state index < -0.39 is 11.6 Å². The third-order valence-corrected chi connectivity index (χ3v) is 4.98. The Balaban J connectivity index is 1.79. The molecule has 0 bridgehead atoms. The van der Waals surface area contributed by atoms with Gasteiger partial charge < -0.3 is 15.7 Å². The molecule has 0 saturated heterocycles. The van der Waals surface area contributed by atoms with Crippen LogP contribution in [0.3, 0.4) is 0 Å². The van der Waals surface area contributed by atoms with Gasteiger partial charge in [0.05, 0.1) is 10.5 Å². The molecule has 2 amide bonds. The smallest absolute Gasteiger partial charge is 0.261 e. The minimum absolute atomic E-state index is 0.245. The topological polar surface area (TPSA) is 78.4 Å². The van der Waals surface area contributed by atoms with Crippen molar-refractivity contribution < 1.29 is 14.7 Å². The predicted molar refractivity (Wildman–Crippen MR) is 86.9 cm³/mol. The lowest BCUT2D eigenvalue weighted by molar-refractivity contribution is -0.124. The lowest BCUT2D eigenvalue weighted by Crippen LogP contribution is -2.49. The predicted octanol–water partition coefficient (Wildman–Crippen LogP) is 2.07. The van der Waals surface area contributed by atoms with E-state index in [4.69, 9.17) is 0 Å². The molecule has 6 heteroatoms. The summed E-state index contributed by atoms with van der Waals surface area (Å²) in [7, 11) is 0. The third-order valence-electron chi connectivity index (χ3n) is 4.11. The van der Waals surface area contributed by atoms with E-state index in [1.807, 2.05) is 5.38 Å². The van der Waals surface area contributed by atoms with Crippen LogP contribution < -0.4 is 10.6 Å². The summed E-state index contributed by atoms with van der Waals surface area (Å²) < 4.78 is 0. The van der Waals surface area contributed by atoms with Crippen molar-refractivity contribution in [2.45, 2.75) is 57.1 Å². The van der Waals surface area contributed by atoms with E-state index in [2.05, 4.69) is 10.6 Å². The zero-order valence-electron chi connectivity index (χ0n) is 12.9. The minimum Gasteiger partial charge on any atom is -0.388 e. The Morgan fingerprint density at radius 1 is 1.32 bits per heavy atom. The molecule has 3 N–H and O–H groups in total. The van der Waals surface area contributed by atoms with E-state index in [1.54, 1.807) is 19.1 Å². The number of carbonyl (C=O) groups is 2. The van der Waals surface area contributed by atoms with Gasteiger partial charge >= 0.3 is 0 Å². The van der Waals surface area contributed by atoms with Crippen LogP contribution >= 0.6 is 11.3 Å². The second-order valence-corrected chi connectivity index (χ2v) is 6.98. The quantitative estimate of drug-likeness (QED) is 0.726. The van der Waals surface area contributed by atoms with E-state index in [-0.39, 0.29) is 18.4 Å². The van der Waals surface area contributed by atoms with Crippen molar-refractivity contribution in [1.29, 1.82) is 0 Å². The molecule has 122 valence electrons. The highest BCUT2D eigenvalue weighted by atomic mass is 32.1. The summed E-state index contributed by atoms with van der Waals surface area (Å²) in [6.45, 7) is 1.91. The molecule has 0 aliphatic heterocycles. The van der Waals surface area contributed by atoms with E-state index in [1.165, 1.54) is 11.3 Å². The summed E-state index contributed by atoms with van der Waals surface area (Å²) in [6.07, 6.45) is 5.73. The lowest BCUT2D eigenvalue weighted by Gasteiger charge is -2.27. The highest BCUT2D eigenvalue weighted by Crippen LogP contribution is 2.26. The maximum atomic E-state index is 12.1. The molecule has 1 aromatic heterocycles. The van der Waals surface area contributed by atoms with E-state index in [9.17, 15) is 14.7 Å². The van der Waals surface area contributed by atoms with Crippen LogP contribution in [-0.4, -0.2) is 35.1 Å². The fourth-order valence-electron chi connectivity index (χ4n) is 2.71. The first-order chi connectivity index (χ1) is 10.5. The van der Waals surface area contributed by atoms with Crippen molar-refractivity contribution in [3.63, 3.8) is 0 Å². The third kappa shape index (κ3) is 4.81. The summed E-state index contributed by atoms with van der Waals surface area (Å²) in [5.41, 5.74) is -0.802. The largest absolute Gasteiger partial charge is 0.388 e. The van der Waals surface area contributed by atoms with Crippen molar-refractivity contribution in [1.82, 2.24) is 10.6 Å². The maximum absolute atomic E-state index is 12.1. The average Bonchev–Trinajstić information content (AvgIpc) is 2.95. The van der Waals surface area contributed by atoms with E-state index >= 15 is 0 Å². The molecular formula is C16H24N2O3S. The monoisotopic (exact) mass is 324 g/mol. The van der Waals surface area contributed by atoms with Crippen LogP contribution in [0.25, 0.3) is 0 Å². The minimum atomic E-state index is -0.802. The van der Waals surface area contributed by atoms with Gasteiger partial charge in [0.2, 0.25) is 5.91 Å². The number of nitrogens with one attached hydrogen (secondary N) is 2. The molecule has 1 aliphatic rings. The van der Waals surface area contributed by atoms with Crippen molar-refractivity contribution in [2.24, 2.45) is 0 Å². The number of rotatable bonds is 5. The second-order valence-electron chi connectivity index (χ2n) is 6.03. The Hall–Kier alpha value is -1.40. The van der Waals surface area contributed by atoms with Gasteiger partial charge in [-0.15, -0.1) is 11.3 Å². The second kappa shape index (κ2) is 7.74. The van der Waals surface area contributed by atoms with E-state index in [0.717, 1.165) is 38.5 Å². The van der Waals surface area contributed by atoms with Gasteiger partial charge in [0.25, 0.3) is 5.91 Å². The van der Waals surface area contributed by atoms with Gasteiger partial charge in [-0.25, -0.2) is 0 Å². The summed E-state index contributed by atoms with van der Waals surface area (Å²) >= 11 is 1.34. The van der Waals surface area contributed by atoms with Crippen LogP contribution in [-0.2, 0) is 4.79 Å². The number of aliphatic hydroxyl groups is 1. The first-order valence-electron chi connectivity index (χ1n) is 7.85. The molecule has 1 saturated carbocycles. The molecule has 1 fully saturated rings. The standard InChI is InChI=1S/C16H24N2O3S/c1-12(18-15(20)13-7-6-10-22-13)14(19)17-11-16(21)8-4-2-3-5-9-16/h6-7,10,12,21H,2-5,8-9,11H2,1H3,(H,17,19)(H,18,20). The van der Waals surface area contributed by atoms with Crippen LogP contribution in [0, 0.1) is 0 Å². The molecule has 0 radical (unpaired) electrons. The summed E-state index contributed by atoms with van der Waals surface area (Å²) in [4.78, 5) is 24.6. The molecule has 0 aromatic carbocycles. The van der Waals surface area contributed by atoms with Gasteiger partial charge in [-0.2, -0.15) is 0 Å².